The van der Waals surface area contributed by atoms with Gasteiger partial charge < -0.3 is 5.32 Å². The molecule has 1 N–H and O–H groups in total. The van der Waals surface area contributed by atoms with E-state index < -0.39 is 9.84 Å². The zero-order valence-electron chi connectivity index (χ0n) is 5.42. The fourth-order valence-electron chi connectivity index (χ4n) is 0.994. The first-order valence-electron chi connectivity index (χ1n) is 3.00. The highest BCUT2D eigenvalue weighted by Gasteiger charge is 2.23. The van der Waals surface area contributed by atoms with Crippen LogP contribution < -0.4 is 5.32 Å². The minimum Gasteiger partial charge on any atom is -0.315 e. The van der Waals surface area contributed by atoms with Gasteiger partial charge in [0.25, 0.3) is 0 Å². The molecule has 0 radical (unpaired) electrons. The Hall–Kier alpha value is -0.0900. The highest BCUT2D eigenvalue weighted by molar-refractivity contribution is 7.91. The fourth-order valence-corrected chi connectivity index (χ4v) is 1.96. The van der Waals surface area contributed by atoms with Crippen molar-refractivity contribution < 1.29 is 8.42 Å². The Morgan fingerprint density at radius 3 is 2.44 bits per heavy atom. The largest absolute Gasteiger partial charge is 0.315 e. The van der Waals surface area contributed by atoms with Crippen LogP contribution in [0.5, 0.6) is 0 Å². The molecule has 0 bridgehead atoms. The van der Waals surface area contributed by atoms with E-state index in [9.17, 15) is 8.42 Å². The predicted octanol–water partition coefficient (Wildman–Crippen LogP) is -0.607. The molecule has 0 aromatic heterocycles. The van der Waals surface area contributed by atoms with Crippen LogP contribution in [0.2, 0.25) is 0 Å². The summed E-state index contributed by atoms with van der Waals surface area (Å²) in [5.74, 6) is 0. The van der Waals surface area contributed by atoms with Crippen LogP contribution in [-0.2, 0) is 9.84 Å². The first-order chi connectivity index (χ1) is 4.11. The lowest BCUT2D eigenvalue weighted by atomic mass is 10.4. The van der Waals surface area contributed by atoms with Crippen LogP contribution in [0.3, 0.4) is 0 Å². The number of hydrogen-bond donors (Lipinski definition) is 1. The van der Waals surface area contributed by atoms with E-state index in [0.29, 0.717) is 6.54 Å². The molecule has 1 rings (SSSR count). The van der Waals surface area contributed by atoms with Gasteiger partial charge in [0.15, 0.2) is 9.84 Å². The molecule has 0 spiro atoms. The quantitative estimate of drug-likeness (QED) is 0.541. The number of sulfone groups is 1. The second-order valence-corrected chi connectivity index (χ2v) is 4.77. The average Bonchev–Trinajstić information content (AvgIpc) is 2.08. The van der Waals surface area contributed by atoms with Crippen molar-refractivity contribution in [3.05, 3.63) is 0 Å². The normalized spacial score (nSPS) is 28.8. The highest BCUT2D eigenvalue weighted by atomic mass is 32.2. The Labute approximate surface area is 55.4 Å². The number of rotatable bonds is 1. The standard InChI is InChI=1S/C5H11NO2S/c1-9(7,8)5-2-3-6-4-5/h5-6H,2-4H2,1H3. The van der Waals surface area contributed by atoms with E-state index >= 15 is 0 Å². The zero-order chi connectivity index (χ0) is 6.91. The van der Waals surface area contributed by atoms with Crippen molar-refractivity contribution in [3.63, 3.8) is 0 Å². The second-order valence-electron chi connectivity index (χ2n) is 2.44. The lowest BCUT2D eigenvalue weighted by Gasteiger charge is -2.02. The fraction of sp³-hybridized carbons (Fsp3) is 1.00. The summed E-state index contributed by atoms with van der Waals surface area (Å²) >= 11 is 0. The van der Waals surface area contributed by atoms with Gasteiger partial charge in [-0.05, 0) is 13.0 Å². The van der Waals surface area contributed by atoms with E-state index in [1.165, 1.54) is 6.26 Å². The summed E-state index contributed by atoms with van der Waals surface area (Å²) < 4.78 is 21.6. The molecule has 0 aromatic carbocycles. The summed E-state index contributed by atoms with van der Waals surface area (Å²) in [7, 11) is -2.77. The Morgan fingerprint density at radius 1 is 1.56 bits per heavy atom. The van der Waals surface area contributed by atoms with Gasteiger partial charge in [-0.1, -0.05) is 0 Å². The summed E-state index contributed by atoms with van der Waals surface area (Å²) in [4.78, 5) is 0. The molecule has 0 saturated carbocycles. The summed E-state index contributed by atoms with van der Waals surface area (Å²) in [6.45, 7) is 1.48. The topological polar surface area (TPSA) is 46.2 Å². The Balaban J connectivity index is 2.63. The van der Waals surface area contributed by atoms with E-state index in [0.717, 1.165) is 13.0 Å². The average molecular weight is 149 g/mol. The van der Waals surface area contributed by atoms with Gasteiger partial charge in [-0.2, -0.15) is 0 Å². The van der Waals surface area contributed by atoms with Gasteiger partial charge in [-0.3, -0.25) is 0 Å². The van der Waals surface area contributed by atoms with Crippen LogP contribution in [0, 0.1) is 0 Å². The van der Waals surface area contributed by atoms with Crippen molar-refractivity contribution in [2.24, 2.45) is 0 Å². The third-order valence-corrected chi connectivity index (χ3v) is 3.23. The summed E-state index contributed by atoms with van der Waals surface area (Å²) in [6, 6.07) is 0. The number of hydrogen-bond acceptors (Lipinski definition) is 3. The maximum absolute atomic E-state index is 10.8. The van der Waals surface area contributed by atoms with Crippen molar-refractivity contribution >= 4 is 9.84 Å². The van der Waals surface area contributed by atoms with E-state index in [1.807, 2.05) is 0 Å². The first kappa shape index (κ1) is 7.02. The van der Waals surface area contributed by atoms with Crippen LogP contribution in [0.25, 0.3) is 0 Å². The molecule has 1 aliphatic heterocycles. The van der Waals surface area contributed by atoms with Crippen molar-refractivity contribution in [1.82, 2.24) is 5.32 Å². The molecule has 4 heteroatoms. The smallest absolute Gasteiger partial charge is 0.151 e. The molecule has 1 heterocycles. The Morgan fingerprint density at radius 2 is 2.22 bits per heavy atom. The van der Waals surface area contributed by atoms with Gasteiger partial charge in [-0.15, -0.1) is 0 Å². The molecule has 1 saturated heterocycles. The van der Waals surface area contributed by atoms with E-state index in [4.69, 9.17) is 0 Å². The molecular weight excluding hydrogens is 138 g/mol. The molecule has 54 valence electrons. The van der Waals surface area contributed by atoms with Crippen molar-refractivity contribution in [2.45, 2.75) is 11.7 Å². The molecule has 1 unspecified atom stereocenters. The first-order valence-corrected chi connectivity index (χ1v) is 4.96. The summed E-state index contributed by atoms with van der Waals surface area (Å²) in [5, 5.41) is 2.87. The Bertz CT molecular complexity index is 179. The van der Waals surface area contributed by atoms with E-state index in [1.54, 1.807) is 0 Å². The molecule has 1 fully saturated rings. The van der Waals surface area contributed by atoms with Crippen LogP contribution in [-0.4, -0.2) is 33.0 Å². The van der Waals surface area contributed by atoms with Gasteiger partial charge in [0.2, 0.25) is 0 Å². The summed E-state index contributed by atoms with van der Waals surface area (Å²) in [5.41, 5.74) is 0. The molecule has 1 aliphatic rings. The SMILES string of the molecule is CS(=O)(=O)C1CCNC1. The lowest BCUT2D eigenvalue weighted by molar-refractivity contribution is 0.589. The molecule has 0 aliphatic carbocycles. The minimum atomic E-state index is -2.77. The van der Waals surface area contributed by atoms with Gasteiger partial charge in [0.05, 0.1) is 5.25 Å². The molecule has 1 atom stereocenters. The lowest BCUT2D eigenvalue weighted by Crippen LogP contribution is -2.22. The molecule has 0 amide bonds. The van der Waals surface area contributed by atoms with Gasteiger partial charge in [-0.25, -0.2) is 8.42 Å². The summed E-state index contributed by atoms with van der Waals surface area (Å²) in [6.07, 6.45) is 2.07. The number of nitrogens with one attached hydrogen (secondary N) is 1. The molecular formula is C5H11NO2S. The molecule has 9 heavy (non-hydrogen) atoms. The maximum Gasteiger partial charge on any atom is 0.151 e. The third kappa shape index (κ3) is 1.66. The second kappa shape index (κ2) is 2.27. The van der Waals surface area contributed by atoms with Gasteiger partial charge >= 0.3 is 0 Å². The maximum atomic E-state index is 10.8. The van der Waals surface area contributed by atoms with Crippen molar-refractivity contribution in [3.8, 4) is 0 Å². The van der Waals surface area contributed by atoms with Crippen LogP contribution in [0.15, 0.2) is 0 Å². The van der Waals surface area contributed by atoms with Crippen LogP contribution in [0.4, 0.5) is 0 Å². The highest BCUT2D eigenvalue weighted by Crippen LogP contribution is 2.06. The van der Waals surface area contributed by atoms with Gasteiger partial charge in [0, 0.05) is 12.8 Å². The van der Waals surface area contributed by atoms with Crippen molar-refractivity contribution in [1.29, 1.82) is 0 Å². The van der Waals surface area contributed by atoms with Crippen LogP contribution >= 0.6 is 0 Å². The Kier molecular flexibility index (Phi) is 1.77. The zero-order valence-corrected chi connectivity index (χ0v) is 6.24. The predicted molar refractivity (Wildman–Crippen MR) is 36.1 cm³/mol. The third-order valence-electron chi connectivity index (χ3n) is 1.62. The van der Waals surface area contributed by atoms with Crippen LogP contribution in [0.1, 0.15) is 6.42 Å². The minimum absolute atomic E-state index is 0.127. The van der Waals surface area contributed by atoms with Crippen molar-refractivity contribution in [2.75, 3.05) is 19.3 Å². The molecule has 0 aromatic rings. The molecule has 3 nitrogen and oxygen atoms in total. The van der Waals surface area contributed by atoms with E-state index in [2.05, 4.69) is 5.32 Å². The van der Waals surface area contributed by atoms with Gasteiger partial charge in [0.1, 0.15) is 0 Å². The monoisotopic (exact) mass is 149 g/mol. The van der Waals surface area contributed by atoms with E-state index in [-0.39, 0.29) is 5.25 Å².